The van der Waals surface area contributed by atoms with Crippen LogP contribution >= 0.6 is 11.3 Å². The SMILES string of the molecule is Cc1c(Nc2nc3ccccc3s2)nnc2c1CCCN2c1ccc(-c2cnn(CC34CC5(OCC[N+]6(Cc7ccc(NC(=O)[C@H](CCCNC(N)=O)NC(=O)[C@@H](NC(=O)CCOCCN8C(=O)C=CC8=O)C(C)C)cc7)CCCCCC6)C[C@](C)(C3)C[C@](C)(C4)C5)c2C)c(C(=O)O)n1. The number of quaternary nitrogens is 1. The molecule has 1 saturated heterocycles. The quantitative estimate of drug-likeness (QED) is 0.0130. The molecule has 4 aliphatic carbocycles. The summed E-state index contributed by atoms with van der Waals surface area (Å²) in [5.74, 6) is -1.96. The van der Waals surface area contributed by atoms with Gasteiger partial charge in [-0.15, -0.1) is 10.2 Å². The normalized spacial score (nSPS) is 22.9. The van der Waals surface area contributed by atoms with Crippen molar-refractivity contribution in [2.75, 3.05) is 74.6 Å². The topological polar surface area (TPSA) is 320 Å². The number of aromatic carboxylic acids is 1. The number of amides is 7. The molecule has 25 nitrogen and oxygen atoms in total. The summed E-state index contributed by atoms with van der Waals surface area (Å²) in [7, 11) is 0. The van der Waals surface area contributed by atoms with Gasteiger partial charge in [-0.05, 0) is 162 Å². The van der Waals surface area contributed by atoms with E-state index in [1.54, 1.807) is 25.2 Å². The minimum Gasteiger partial charge on any atom is -0.476 e. The third-order valence-corrected chi connectivity index (χ3v) is 22.2. The summed E-state index contributed by atoms with van der Waals surface area (Å²) in [6.45, 7) is 18.5. The van der Waals surface area contributed by atoms with Gasteiger partial charge in [-0.3, -0.25) is 33.6 Å². The maximum atomic E-state index is 14.1. The molecule has 526 valence electrons. The van der Waals surface area contributed by atoms with Gasteiger partial charge >= 0.3 is 12.0 Å². The van der Waals surface area contributed by atoms with E-state index in [4.69, 9.17) is 35.4 Å². The Hall–Kier alpha value is -8.72. The van der Waals surface area contributed by atoms with E-state index in [9.17, 15) is 38.7 Å². The van der Waals surface area contributed by atoms with Crippen LogP contribution in [0.3, 0.4) is 0 Å². The number of imide groups is 1. The van der Waals surface area contributed by atoms with Gasteiger partial charge in [-0.1, -0.05) is 63.3 Å². The average molecular weight is 1370 g/mol. The number of primary amides is 1. The molecular weight excluding hydrogens is 1280 g/mol. The van der Waals surface area contributed by atoms with E-state index < -0.39 is 53.6 Å². The van der Waals surface area contributed by atoms with Crippen molar-refractivity contribution >= 4 is 91.4 Å². The summed E-state index contributed by atoms with van der Waals surface area (Å²) in [4.78, 5) is 102. The first kappa shape index (κ1) is 70.2. The van der Waals surface area contributed by atoms with Crippen molar-refractivity contribution in [3.05, 3.63) is 107 Å². The molecule has 3 aliphatic heterocycles. The average Bonchev–Trinajstić information content (AvgIpc) is 0.776. The second-order valence-corrected chi connectivity index (χ2v) is 30.8. The van der Waals surface area contributed by atoms with Gasteiger partial charge in [0, 0.05) is 77.4 Å². The number of aromatic nitrogens is 6. The number of hydrogen-bond acceptors (Lipinski definition) is 17. The van der Waals surface area contributed by atoms with Gasteiger partial charge in [0.2, 0.25) is 17.7 Å². The third-order valence-electron chi connectivity index (χ3n) is 21.2. The minimum absolute atomic E-state index is 0.00688. The number of carbonyl (C=O) groups is 7. The van der Waals surface area contributed by atoms with Crippen LogP contribution in [0.15, 0.2) is 79.0 Å². The van der Waals surface area contributed by atoms with Crippen molar-refractivity contribution < 1.29 is 52.6 Å². The smallest absolute Gasteiger partial charge is 0.355 e. The first-order chi connectivity index (χ1) is 47.4. The van der Waals surface area contributed by atoms with E-state index >= 15 is 0 Å². The summed E-state index contributed by atoms with van der Waals surface area (Å²) < 4.78 is 17.1. The number of likely N-dealkylation sites (tertiary alicyclic amines) is 1. The zero-order valence-corrected chi connectivity index (χ0v) is 58.6. The van der Waals surface area contributed by atoms with Crippen molar-refractivity contribution in [2.24, 2.45) is 27.9 Å². The van der Waals surface area contributed by atoms with Crippen molar-refractivity contribution in [3.8, 4) is 11.1 Å². The summed E-state index contributed by atoms with van der Waals surface area (Å²) in [5, 5.41) is 40.5. The summed E-state index contributed by atoms with van der Waals surface area (Å²) in [6, 6.07) is 17.0. The van der Waals surface area contributed by atoms with Crippen LogP contribution in [0.5, 0.6) is 0 Å². The highest BCUT2D eigenvalue weighted by atomic mass is 32.1. The Morgan fingerprint density at radius 3 is 2.25 bits per heavy atom. The maximum Gasteiger partial charge on any atom is 0.355 e. The molecule has 7 heterocycles. The molecule has 0 spiro atoms. The third kappa shape index (κ3) is 16.0. The fourth-order valence-corrected chi connectivity index (χ4v) is 18.6. The van der Waals surface area contributed by atoms with Gasteiger partial charge in [0.25, 0.3) is 11.8 Å². The standard InChI is InChI=1S/C73H93N15O10S/c1-46(2)61(81-58(89)27-34-97-35-30-86-59(90)25-26-60(86)91)66(93)78-55(17-13-28-75-68(74)96)65(92)77-50-21-19-49(20-22-50)38-88(31-11-7-8-12-32-88)33-36-98-73-42-70(5)39-71(6,43-73)41-72(40-70,44-73)45-87-48(4)53(37-76-87)52-23-24-57(80-62(52)67(94)95)85-29-14-15-51-47(3)63(83-84-64(51)85)82-69-79-54-16-9-10-18-56(54)99-69/h9-10,16,18-26,37,46,55,61H,7-8,11-15,17,27-36,38-45H2,1-6H3,(H7-,74,75,77,78,79,81,82,83,89,92,93,94,95,96)/p+1/t55-,61-,70-,71+,72?,73?/m0/s1. The fourth-order valence-electron chi connectivity index (χ4n) is 17.8. The van der Waals surface area contributed by atoms with Crippen molar-refractivity contribution in [1.82, 2.24) is 50.8 Å². The van der Waals surface area contributed by atoms with E-state index in [-0.39, 0.29) is 72.6 Å². The molecule has 0 radical (unpaired) electrons. The van der Waals surface area contributed by atoms with E-state index in [0.29, 0.717) is 54.8 Å². The number of ether oxygens (including phenoxy) is 2. The number of carbonyl (C=O) groups excluding carboxylic acids is 6. The number of nitrogens with two attached hydrogens (primary N) is 1. The van der Waals surface area contributed by atoms with Crippen molar-refractivity contribution in [1.29, 1.82) is 0 Å². The lowest BCUT2D eigenvalue weighted by molar-refractivity contribution is -0.940. The number of pyridine rings is 1. The molecule has 5 fully saturated rings. The number of fused-ring (bicyclic) bond motifs is 2. The lowest BCUT2D eigenvalue weighted by atomic mass is 9.39. The van der Waals surface area contributed by atoms with Crippen LogP contribution < -0.4 is 37.2 Å². The fraction of sp³-hybridized carbons (Fsp3) is 0.534. The number of hydrogen-bond donors (Lipinski definition) is 7. The van der Waals surface area contributed by atoms with Crippen LogP contribution in [-0.4, -0.2) is 163 Å². The monoisotopic (exact) mass is 1370 g/mol. The van der Waals surface area contributed by atoms with Crippen molar-refractivity contribution in [3.63, 3.8) is 0 Å². The minimum atomic E-state index is -1.12. The van der Waals surface area contributed by atoms with Crippen LogP contribution in [0.2, 0.25) is 0 Å². The zero-order chi connectivity index (χ0) is 69.9. The summed E-state index contributed by atoms with van der Waals surface area (Å²) >= 11 is 1.56. The summed E-state index contributed by atoms with van der Waals surface area (Å²) in [6.07, 6.45) is 17.1. The largest absolute Gasteiger partial charge is 0.476 e. The van der Waals surface area contributed by atoms with Gasteiger partial charge in [-0.25, -0.2) is 19.6 Å². The molecule has 4 aromatic heterocycles. The second-order valence-electron chi connectivity index (χ2n) is 29.8. The number of urea groups is 1. The molecule has 2 unspecified atom stereocenters. The second kappa shape index (κ2) is 29.2. The molecule has 7 amide bonds. The summed E-state index contributed by atoms with van der Waals surface area (Å²) in [5.41, 5.74) is 11.9. The molecule has 26 heteroatoms. The number of rotatable bonds is 29. The molecule has 6 aromatic rings. The number of nitrogens with one attached hydrogen (secondary N) is 5. The molecule has 7 aliphatic rings. The lowest BCUT2D eigenvalue weighted by Crippen LogP contribution is -2.64. The van der Waals surface area contributed by atoms with E-state index in [1.165, 1.54) is 25.0 Å². The Bertz CT molecular complexity index is 4000. The number of para-hydroxylation sites is 1. The van der Waals surface area contributed by atoms with Gasteiger partial charge in [0.15, 0.2) is 22.5 Å². The molecule has 4 saturated carbocycles. The Balaban J connectivity index is 0.683. The van der Waals surface area contributed by atoms with Crippen LogP contribution in [0.4, 0.5) is 33.1 Å². The first-order valence-electron chi connectivity index (χ1n) is 35.1. The highest BCUT2D eigenvalue weighted by Crippen LogP contribution is 2.72. The Morgan fingerprint density at radius 1 is 0.808 bits per heavy atom. The Morgan fingerprint density at radius 2 is 1.55 bits per heavy atom. The first-order valence-corrected chi connectivity index (χ1v) is 35.9. The number of carboxylic acids is 1. The van der Waals surface area contributed by atoms with Gasteiger partial charge in [-0.2, -0.15) is 5.10 Å². The Labute approximate surface area is 581 Å². The molecular formula is C73H94N15O10S+. The van der Waals surface area contributed by atoms with Crippen LogP contribution in [0.1, 0.15) is 150 Å². The van der Waals surface area contributed by atoms with Gasteiger partial charge in [0.05, 0.1) is 61.5 Å². The van der Waals surface area contributed by atoms with Crippen LogP contribution in [0.25, 0.3) is 21.3 Å². The number of carboxylic acid groups (broad SMARTS) is 1. The highest BCUT2D eigenvalue weighted by molar-refractivity contribution is 7.22. The predicted octanol–water partition coefficient (Wildman–Crippen LogP) is 9.56. The number of thiazole rings is 1. The van der Waals surface area contributed by atoms with Crippen LogP contribution in [0, 0.1) is 36.0 Å². The zero-order valence-electron chi connectivity index (χ0n) is 57.8. The molecule has 99 heavy (non-hydrogen) atoms. The molecule has 4 bridgehead atoms. The molecule has 6 atom stereocenters. The van der Waals surface area contributed by atoms with Crippen LogP contribution in [-0.2, 0) is 53.0 Å². The predicted molar refractivity (Wildman–Crippen MR) is 376 cm³/mol. The van der Waals surface area contributed by atoms with E-state index in [2.05, 4.69) is 62.3 Å². The van der Waals surface area contributed by atoms with Crippen molar-refractivity contribution in [2.45, 2.75) is 169 Å². The van der Waals surface area contributed by atoms with E-state index in [1.807, 2.05) is 73.5 Å². The highest BCUT2D eigenvalue weighted by Gasteiger charge is 2.66. The number of nitrogens with zero attached hydrogens (tertiary/aromatic N) is 9. The maximum absolute atomic E-state index is 14.1. The lowest BCUT2D eigenvalue weighted by Gasteiger charge is -2.69. The Kier molecular flexibility index (Phi) is 20.7. The molecule has 2 aromatic carbocycles. The number of anilines is 5. The van der Waals surface area contributed by atoms with E-state index in [0.717, 1.165) is 143 Å². The number of benzene rings is 2. The molecule has 8 N–H and O–H groups in total. The van der Waals surface area contributed by atoms with Gasteiger partial charge < -0.3 is 56.3 Å². The van der Waals surface area contributed by atoms with Gasteiger partial charge in [0.1, 0.15) is 31.0 Å². The molecule has 13 rings (SSSR count).